The number of rotatable bonds is 3. The summed E-state index contributed by atoms with van der Waals surface area (Å²) in [5.41, 5.74) is 6.84. The van der Waals surface area contributed by atoms with Crippen LogP contribution in [0.3, 0.4) is 0 Å². The molecule has 2 aromatic heterocycles. The highest BCUT2D eigenvalue weighted by Gasteiger charge is 2.57. The molecular formula is C20H19ClN4O4S2. The quantitative estimate of drug-likeness (QED) is 0.613. The van der Waals surface area contributed by atoms with Crippen molar-refractivity contribution in [1.29, 1.82) is 0 Å². The van der Waals surface area contributed by atoms with E-state index in [1.807, 2.05) is 30.3 Å². The largest absolute Gasteiger partial charge is 0.423 e. The van der Waals surface area contributed by atoms with Gasteiger partial charge in [0.15, 0.2) is 14.6 Å². The minimum Gasteiger partial charge on any atom is -0.423 e. The fourth-order valence-electron chi connectivity index (χ4n) is 4.16. The lowest BCUT2D eigenvalue weighted by Crippen LogP contribution is -2.58. The zero-order chi connectivity index (χ0) is 21.9. The van der Waals surface area contributed by atoms with Gasteiger partial charge in [0.25, 0.3) is 0 Å². The lowest BCUT2D eigenvalue weighted by molar-refractivity contribution is 0.194. The van der Waals surface area contributed by atoms with Crippen molar-refractivity contribution in [2.24, 2.45) is 10.7 Å². The van der Waals surface area contributed by atoms with Crippen molar-refractivity contribution in [3.8, 4) is 21.9 Å². The van der Waals surface area contributed by atoms with Gasteiger partial charge in [0.05, 0.1) is 22.3 Å². The molecule has 2 N–H and O–H groups in total. The zero-order valence-corrected chi connectivity index (χ0v) is 18.9. The molecule has 2 aliphatic heterocycles. The second-order valence-electron chi connectivity index (χ2n) is 7.94. The third-order valence-corrected chi connectivity index (χ3v) is 10.3. The summed E-state index contributed by atoms with van der Waals surface area (Å²) in [6, 6.07) is 9.43. The van der Waals surface area contributed by atoms with Crippen molar-refractivity contribution in [1.82, 2.24) is 10.2 Å². The van der Waals surface area contributed by atoms with Crippen LogP contribution in [0.4, 0.5) is 0 Å². The van der Waals surface area contributed by atoms with Crippen LogP contribution in [0, 0.1) is 0 Å². The minimum atomic E-state index is -3.60. The van der Waals surface area contributed by atoms with Gasteiger partial charge in [0.2, 0.25) is 12.3 Å². The van der Waals surface area contributed by atoms with Crippen molar-refractivity contribution in [2.45, 2.75) is 23.6 Å². The Kier molecular flexibility index (Phi) is 4.74. The lowest BCUT2D eigenvalue weighted by Gasteiger charge is -2.38. The molecule has 0 radical (unpaired) electrons. The summed E-state index contributed by atoms with van der Waals surface area (Å²) in [5, 5.41) is 8.11. The minimum absolute atomic E-state index is 0.0482. The van der Waals surface area contributed by atoms with Gasteiger partial charge in [-0.3, -0.25) is 4.99 Å². The molecule has 0 saturated carbocycles. The van der Waals surface area contributed by atoms with E-state index in [9.17, 15) is 8.42 Å². The number of nitrogens with two attached hydrogens (primary N) is 1. The Bertz CT molecular complexity index is 1280. The number of hydrogen-bond acceptors (Lipinski definition) is 9. The Morgan fingerprint density at radius 3 is 2.74 bits per heavy atom. The summed E-state index contributed by atoms with van der Waals surface area (Å²) < 4.78 is 36.0. The predicted octanol–water partition coefficient (Wildman–Crippen LogP) is 3.28. The van der Waals surface area contributed by atoms with E-state index < -0.39 is 20.1 Å². The molecule has 0 amide bonds. The Hall–Kier alpha value is -2.27. The average molecular weight is 479 g/mol. The molecule has 0 bridgehead atoms. The Morgan fingerprint density at radius 2 is 2.06 bits per heavy atom. The molecule has 8 nitrogen and oxygen atoms in total. The van der Waals surface area contributed by atoms with Crippen molar-refractivity contribution in [3.63, 3.8) is 0 Å². The fourth-order valence-corrected chi connectivity index (χ4v) is 8.13. The SMILES string of the molecule is C[C@@]1(c2sc(-c3cccc(-c4nnco4)c3)cc2Cl)CS(=O)(=O)C2(CCOC2)C(N)=N1. The molecule has 11 heteroatoms. The number of hydrogen-bond donors (Lipinski definition) is 1. The van der Waals surface area contributed by atoms with Crippen LogP contribution in [0.25, 0.3) is 21.9 Å². The summed E-state index contributed by atoms with van der Waals surface area (Å²) in [6.45, 7) is 2.16. The van der Waals surface area contributed by atoms with Gasteiger partial charge in [0, 0.05) is 17.0 Å². The second-order valence-corrected chi connectivity index (χ2v) is 11.7. The van der Waals surface area contributed by atoms with Crippen LogP contribution in [0.15, 0.2) is 46.1 Å². The molecule has 1 unspecified atom stereocenters. The van der Waals surface area contributed by atoms with Crippen molar-refractivity contribution >= 4 is 38.6 Å². The first-order valence-corrected chi connectivity index (χ1v) is 12.4. The smallest absolute Gasteiger partial charge is 0.247 e. The first-order valence-electron chi connectivity index (χ1n) is 9.57. The number of sulfone groups is 1. The van der Waals surface area contributed by atoms with Crippen molar-refractivity contribution in [2.75, 3.05) is 19.0 Å². The van der Waals surface area contributed by atoms with Crippen LogP contribution >= 0.6 is 22.9 Å². The number of thiophene rings is 1. The van der Waals surface area contributed by atoms with Gasteiger partial charge in [-0.1, -0.05) is 23.7 Å². The highest BCUT2D eigenvalue weighted by Crippen LogP contribution is 2.47. The van der Waals surface area contributed by atoms with Gasteiger partial charge in [-0.15, -0.1) is 21.5 Å². The molecule has 3 aromatic rings. The van der Waals surface area contributed by atoms with E-state index in [1.54, 1.807) is 6.92 Å². The van der Waals surface area contributed by atoms with Crippen LogP contribution in [-0.4, -0.2) is 48.2 Å². The molecule has 31 heavy (non-hydrogen) atoms. The third-order valence-electron chi connectivity index (χ3n) is 5.82. The summed E-state index contributed by atoms with van der Waals surface area (Å²) in [5.74, 6) is 0.339. The number of aromatic nitrogens is 2. The number of nitrogens with zero attached hydrogens (tertiary/aromatic N) is 3. The van der Waals surface area contributed by atoms with E-state index in [1.165, 1.54) is 17.7 Å². The van der Waals surface area contributed by atoms with Gasteiger partial charge < -0.3 is 14.9 Å². The molecule has 4 heterocycles. The van der Waals surface area contributed by atoms with Crippen molar-refractivity contribution in [3.05, 3.63) is 46.6 Å². The number of benzene rings is 1. The maximum Gasteiger partial charge on any atom is 0.247 e. The third kappa shape index (κ3) is 3.20. The Balaban J connectivity index is 1.56. The Morgan fingerprint density at radius 1 is 1.26 bits per heavy atom. The fraction of sp³-hybridized carbons (Fsp3) is 0.350. The molecule has 2 atom stereocenters. The maximum absolute atomic E-state index is 13.3. The molecule has 0 aliphatic carbocycles. The van der Waals surface area contributed by atoms with Gasteiger partial charge >= 0.3 is 0 Å². The van der Waals surface area contributed by atoms with Gasteiger partial charge in [-0.25, -0.2) is 8.42 Å². The molecule has 162 valence electrons. The van der Waals surface area contributed by atoms with Crippen molar-refractivity contribution < 1.29 is 17.6 Å². The highest BCUT2D eigenvalue weighted by atomic mass is 35.5. The summed E-state index contributed by atoms with van der Waals surface area (Å²) in [6.07, 6.45) is 1.60. The van der Waals surface area contributed by atoms with Gasteiger partial charge in [-0.05, 0) is 37.1 Å². The molecule has 5 rings (SSSR count). The molecule has 2 aliphatic rings. The predicted molar refractivity (Wildman–Crippen MR) is 119 cm³/mol. The standard InChI is InChI=1S/C20H19ClN4O4S2/c1-19(10-31(26,27)20(18(22)24-19)5-6-28-9-20)16-14(21)8-15(30-16)12-3-2-4-13(7-12)17-25-23-11-29-17/h2-4,7-8,11H,5-6,9-10H2,1H3,(H2,22,24)/t19-,20?/m0/s1. The maximum atomic E-state index is 13.3. The number of ether oxygens (including phenoxy) is 1. The number of amidine groups is 1. The van der Waals surface area contributed by atoms with E-state index in [2.05, 4.69) is 15.2 Å². The molecule has 1 aromatic carbocycles. The normalized spacial score (nSPS) is 27.5. The van der Waals surface area contributed by atoms with Crippen LogP contribution < -0.4 is 5.73 Å². The monoisotopic (exact) mass is 478 g/mol. The lowest BCUT2D eigenvalue weighted by atomic mass is 10.0. The summed E-state index contributed by atoms with van der Waals surface area (Å²) >= 11 is 7.99. The summed E-state index contributed by atoms with van der Waals surface area (Å²) in [7, 11) is -3.60. The van der Waals surface area contributed by atoms with Gasteiger partial charge in [-0.2, -0.15) is 0 Å². The van der Waals surface area contributed by atoms with E-state index >= 15 is 0 Å². The van der Waals surface area contributed by atoms with Crippen LogP contribution in [0.2, 0.25) is 5.02 Å². The molecule has 1 fully saturated rings. The first kappa shape index (κ1) is 20.6. The van der Waals surface area contributed by atoms with E-state index in [-0.39, 0.29) is 18.2 Å². The number of halogens is 1. The topological polar surface area (TPSA) is 121 Å². The van der Waals surface area contributed by atoms with E-state index in [0.717, 1.165) is 16.0 Å². The first-order chi connectivity index (χ1) is 14.7. The van der Waals surface area contributed by atoms with Crippen LogP contribution in [0.1, 0.15) is 18.2 Å². The van der Waals surface area contributed by atoms with Crippen LogP contribution in [-0.2, 0) is 20.1 Å². The van der Waals surface area contributed by atoms with Gasteiger partial charge in [0.1, 0.15) is 11.4 Å². The molecule has 1 spiro atoms. The van der Waals surface area contributed by atoms with E-state index in [4.69, 9.17) is 26.5 Å². The Labute approximate surface area is 188 Å². The van der Waals surface area contributed by atoms with E-state index in [0.29, 0.717) is 28.8 Å². The summed E-state index contributed by atoms with van der Waals surface area (Å²) in [4.78, 5) is 6.20. The number of aliphatic imine (C=N–C) groups is 1. The highest BCUT2D eigenvalue weighted by molar-refractivity contribution is 7.93. The zero-order valence-electron chi connectivity index (χ0n) is 16.5. The average Bonchev–Trinajstić information content (AvgIpc) is 3.47. The molecule has 1 saturated heterocycles. The van der Waals surface area contributed by atoms with Crippen LogP contribution in [0.5, 0.6) is 0 Å². The second kappa shape index (κ2) is 7.13. The molecular weight excluding hydrogens is 460 g/mol.